The van der Waals surface area contributed by atoms with Gasteiger partial charge in [0.1, 0.15) is 0 Å². The minimum absolute atomic E-state index is 0.234. The number of nitrogens with zero attached hydrogens (tertiary/aromatic N) is 3. The summed E-state index contributed by atoms with van der Waals surface area (Å²) in [7, 11) is 0. The predicted octanol–water partition coefficient (Wildman–Crippen LogP) is 0.786. The second-order valence-electron chi connectivity index (χ2n) is 4.11. The lowest BCUT2D eigenvalue weighted by molar-refractivity contribution is -0.122. The van der Waals surface area contributed by atoms with Gasteiger partial charge in [0.2, 0.25) is 5.91 Å². The molecule has 0 saturated carbocycles. The van der Waals surface area contributed by atoms with Crippen molar-refractivity contribution in [2.24, 2.45) is 16.3 Å². The third kappa shape index (κ3) is 4.69. The first kappa shape index (κ1) is 12.7. The number of azide groups is 1. The van der Waals surface area contributed by atoms with Gasteiger partial charge in [-0.25, -0.2) is 0 Å². The molecule has 14 heavy (non-hydrogen) atoms. The molecule has 0 spiro atoms. The van der Waals surface area contributed by atoms with Crippen LogP contribution in [0.3, 0.4) is 0 Å². The van der Waals surface area contributed by atoms with E-state index in [2.05, 4.69) is 15.3 Å². The van der Waals surface area contributed by atoms with Crippen LogP contribution in [0.15, 0.2) is 5.11 Å². The van der Waals surface area contributed by atoms with Crippen molar-refractivity contribution in [3.05, 3.63) is 10.4 Å². The number of nitrogens with two attached hydrogens (primary N) is 1. The molecule has 0 aromatic carbocycles. The molecule has 6 nitrogen and oxygen atoms in total. The number of hydrogen-bond donors (Lipinski definition) is 2. The molecule has 0 saturated heterocycles. The summed E-state index contributed by atoms with van der Waals surface area (Å²) in [6.07, 6.45) is 0. The van der Waals surface area contributed by atoms with E-state index in [1.54, 1.807) is 0 Å². The average molecular weight is 199 g/mol. The molecular formula is C8H17N5O. The first-order valence-electron chi connectivity index (χ1n) is 4.43. The van der Waals surface area contributed by atoms with Gasteiger partial charge in [-0.2, -0.15) is 0 Å². The molecule has 80 valence electrons. The van der Waals surface area contributed by atoms with E-state index < -0.39 is 11.9 Å². The van der Waals surface area contributed by atoms with Crippen LogP contribution >= 0.6 is 0 Å². The Balaban J connectivity index is 4.12. The number of nitrogens with one attached hydrogen (secondary N) is 1. The SMILES string of the molecule is CC(C)(C)C(NCCN=[N+]=[N-])C(N)=O. The van der Waals surface area contributed by atoms with Crippen molar-refractivity contribution in [1.29, 1.82) is 0 Å². The largest absolute Gasteiger partial charge is 0.368 e. The summed E-state index contributed by atoms with van der Waals surface area (Å²) in [6, 6.07) is -0.406. The number of rotatable bonds is 5. The highest BCUT2D eigenvalue weighted by molar-refractivity contribution is 5.80. The fourth-order valence-corrected chi connectivity index (χ4v) is 1.14. The van der Waals surface area contributed by atoms with Gasteiger partial charge in [-0.15, -0.1) is 0 Å². The van der Waals surface area contributed by atoms with Gasteiger partial charge in [0.05, 0.1) is 6.04 Å². The van der Waals surface area contributed by atoms with E-state index in [9.17, 15) is 4.79 Å². The molecule has 0 aromatic heterocycles. The first-order valence-corrected chi connectivity index (χ1v) is 4.43. The van der Waals surface area contributed by atoms with Crippen LogP contribution in [0.1, 0.15) is 20.8 Å². The van der Waals surface area contributed by atoms with Crippen LogP contribution in [-0.2, 0) is 4.79 Å². The van der Waals surface area contributed by atoms with Crippen molar-refractivity contribution < 1.29 is 4.79 Å². The van der Waals surface area contributed by atoms with Crippen LogP contribution in [0, 0.1) is 5.41 Å². The van der Waals surface area contributed by atoms with Crippen molar-refractivity contribution in [3.8, 4) is 0 Å². The van der Waals surface area contributed by atoms with Crippen LogP contribution < -0.4 is 11.1 Å². The van der Waals surface area contributed by atoms with E-state index in [1.807, 2.05) is 20.8 Å². The maximum Gasteiger partial charge on any atom is 0.235 e. The molecule has 1 unspecified atom stereocenters. The number of primary amides is 1. The van der Waals surface area contributed by atoms with Crippen molar-refractivity contribution in [2.45, 2.75) is 26.8 Å². The standard InChI is InChI=1S/C8H17N5O/c1-8(2,3)6(7(9)14)11-4-5-12-13-10/h6,11H,4-5H2,1-3H3,(H2,9,14). The molecule has 1 amide bonds. The summed E-state index contributed by atoms with van der Waals surface area (Å²) in [5.74, 6) is -0.390. The second kappa shape index (κ2) is 5.47. The molecule has 0 aliphatic heterocycles. The van der Waals surface area contributed by atoms with Crippen molar-refractivity contribution in [1.82, 2.24) is 5.32 Å². The zero-order valence-electron chi connectivity index (χ0n) is 8.82. The molecular weight excluding hydrogens is 182 g/mol. The molecule has 0 radical (unpaired) electrons. The number of carbonyl (C=O) groups excluding carboxylic acids is 1. The van der Waals surface area contributed by atoms with E-state index >= 15 is 0 Å². The lowest BCUT2D eigenvalue weighted by Crippen LogP contribution is -2.50. The van der Waals surface area contributed by atoms with Gasteiger partial charge >= 0.3 is 0 Å². The summed E-state index contributed by atoms with van der Waals surface area (Å²) >= 11 is 0. The maximum atomic E-state index is 11.1. The Labute approximate surface area is 83.5 Å². The van der Waals surface area contributed by atoms with Crippen molar-refractivity contribution >= 4 is 5.91 Å². The third-order valence-electron chi connectivity index (χ3n) is 1.77. The van der Waals surface area contributed by atoms with Crippen LogP contribution in [-0.4, -0.2) is 25.0 Å². The lowest BCUT2D eigenvalue weighted by atomic mass is 9.86. The Morgan fingerprint density at radius 3 is 2.57 bits per heavy atom. The summed E-state index contributed by atoms with van der Waals surface area (Å²) in [6.45, 7) is 6.53. The quantitative estimate of drug-likeness (QED) is 0.296. The fourth-order valence-electron chi connectivity index (χ4n) is 1.14. The zero-order valence-corrected chi connectivity index (χ0v) is 8.82. The van der Waals surface area contributed by atoms with Crippen LogP contribution in [0.4, 0.5) is 0 Å². The Bertz CT molecular complexity index is 239. The van der Waals surface area contributed by atoms with Crippen molar-refractivity contribution in [2.75, 3.05) is 13.1 Å². The number of amides is 1. The minimum Gasteiger partial charge on any atom is -0.368 e. The van der Waals surface area contributed by atoms with Gasteiger partial charge < -0.3 is 11.1 Å². The van der Waals surface area contributed by atoms with Crippen LogP contribution in [0.25, 0.3) is 10.4 Å². The molecule has 0 rings (SSSR count). The molecule has 0 bridgehead atoms. The minimum atomic E-state index is -0.406. The van der Waals surface area contributed by atoms with Gasteiger partial charge in [-0.05, 0) is 10.9 Å². The topological polar surface area (TPSA) is 104 Å². The monoisotopic (exact) mass is 199 g/mol. The highest BCUT2D eigenvalue weighted by Crippen LogP contribution is 2.18. The molecule has 0 aromatic rings. The molecule has 1 atom stereocenters. The Kier molecular flexibility index (Phi) is 4.97. The van der Waals surface area contributed by atoms with Crippen molar-refractivity contribution in [3.63, 3.8) is 0 Å². The summed E-state index contributed by atoms with van der Waals surface area (Å²) in [5, 5.41) is 6.31. The van der Waals surface area contributed by atoms with Gasteiger partial charge in [-0.1, -0.05) is 25.9 Å². The predicted molar refractivity (Wildman–Crippen MR) is 54.5 cm³/mol. The number of carbonyl (C=O) groups is 1. The number of hydrogen-bond acceptors (Lipinski definition) is 3. The second-order valence-corrected chi connectivity index (χ2v) is 4.11. The highest BCUT2D eigenvalue weighted by Gasteiger charge is 2.28. The smallest absolute Gasteiger partial charge is 0.235 e. The molecule has 6 heteroatoms. The zero-order chi connectivity index (χ0) is 11.2. The third-order valence-corrected chi connectivity index (χ3v) is 1.77. The van der Waals surface area contributed by atoms with Crippen LogP contribution in [0.5, 0.6) is 0 Å². The Hall–Kier alpha value is -1.26. The van der Waals surface area contributed by atoms with Gasteiger partial charge in [-0.3, -0.25) is 4.79 Å². The van der Waals surface area contributed by atoms with E-state index in [-0.39, 0.29) is 5.41 Å². The molecule has 0 aliphatic rings. The molecule has 0 fully saturated rings. The molecule has 0 aliphatic carbocycles. The van der Waals surface area contributed by atoms with E-state index in [0.717, 1.165) is 0 Å². The Morgan fingerprint density at radius 1 is 1.64 bits per heavy atom. The summed E-state index contributed by atoms with van der Waals surface area (Å²) in [5.41, 5.74) is 13.0. The normalized spacial score (nSPS) is 13.1. The fraction of sp³-hybridized carbons (Fsp3) is 0.875. The van der Waals surface area contributed by atoms with Gasteiger partial charge in [0, 0.05) is 18.0 Å². The first-order chi connectivity index (χ1) is 6.39. The summed E-state index contributed by atoms with van der Waals surface area (Å²) in [4.78, 5) is 13.7. The average Bonchev–Trinajstić information content (AvgIpc) is 2.01. The highest BCUT2D eigenvalue weighted by atomic mass is 16.1. The molecule has 0 heterocycles. The Morgan fingerprint density at radius 2 is 2.21 bits per heavy atom. The van der Waals surface area contributed by atoms with E-state index in [4.69, 9.17) is 11.3 Å². The maximum absolute atomic E-state index is 11.1. The summed E-state index contributed by atoms with van der Waals surface area (Å²) < 4.78 is 0. The van der Waals surface area contributed by atoms with Gasteiger partial charge in [0.15, 0.2) is 0 Å². The van der Waals surface area contributed by atoms with E-state index in [1.165, 1.54) is 0 Å². The lowest BCUT2D eigenvalue weighted by Gasteiger charge is -2.28. The van der Waals surface area contributed by atoms with Crippen LogP contribution in [0.2, 0.25) is 0 Å². The van der Waals surface area contributed by atoms with Gasteiger partial charge in [0.25, 0.3) is 0 Å². The van der Waals surface area contributed by atoms with E-state index in [0.29, 0.717) is 13.1 Å². The molecule has 3 N–H and O–H groups in total.